The smallest absolute Gasteiger partial charge is 0.252 e. The van der Waals surface area contributed by atoms with Crippen LogP contribution in [-0.2, 0) is 12.2 Å². The van der Waals surface area contributed by atoms with Crippen molar-refractivity contribution in [3.63, 3.8) is 0 Å². The van der Waals surface area contributed by atoms with Gasteiger partial charge in [-0.1, -0.05) is 36.4 Å². The number of nitrogens with one attached hydrogen (secondary N) is 1. The molecule has 1 N–H and O–H groups in total. The third-order valence-corrected chi connectivity index (χ3v) is 5.67. The molecule has 2 heterocycles. The number of imidazole rings is 1. The van der Waals surface area contributed by atoms with E-state index in [0.717, 1.165) is 16.2 Å². The minimum absolute atomic E-state index is 0.153. The van der Waals surface area contributed by atoms with Crippen molar-refractivity contribution in [2.45, 2.75) is 17.1 Å². The molecular weight excluding hydrogens is 385 g/mol. The first-order chi connectivity index (χ1) is 14.2. The lowest BCUT2D eigenvalue weighted by molar-refractivity contribution is 0.0951. The third kappa shape index (κ3) is 4.66. The molecular formula is C23H20FN3OS. The van der Waals surface area contributed by atoms with Crippen LogP contribution in [0.4, 0.5) is 4.39 Å². The summed E-state index contributed by atoms with van der Waals surface area (Å²) in [5.74, 6) is 0.269. The third-order valence-electron chi connectivity index (χ3n) is 4.56. The van der Waals surface area contributed by atoms with Gasteiger partial charge in [0.15, 0.2) is 0 Å². The Balaban J connectivity index is 1.39. The maximum Gasteiger partial charge on any atom is 0.252 e. The molecule has 2 aromatic heterocycles. The summed E-state index contributed by atoms with van der Waals surface area (Å²) in [5, 5.41) is 2.90. The first kappa shape index (κ1) is 19.2. The Bertz CT molecular complexity index is 1110. The van der Waals surface area contributed by atoms with Crippen molar-refractivity contribution in [3.8, 4) is 0 Å². The Hall–Kier alpha value is -3.12. The average molecular weight is 405 g/mol. The van der Waals surface area contributed by atoms with E-state index in [-0.39, 0.29) is 11.7 Å². The van der Waals surface area contributed by atoms with Gasteiger partial charge in [-0.25, -0.2) is 9.37 Å². The van der Waals surface area contributed by atoms with E-state index in [2.05, 4.69) is 10.3 Å². The van der Waals surface area contributed by atoms with E-state index in [1.165, 1.54) is 6.07 Å². The molecule has 0 fully saturated rings. The highest BCUT2D eigenvalue weighted by Crippen LogP contribution is 2.26. The second kappa shape index (κ2) is 8.92. The molecule has 0 unspecified atom stereocenters. The highest BCUT2D eigenvalue weighted by molar-refractivity contribution is 7.98. The number of pyridine rings is 1. The zero-order chi connectivity index (χ0) is 20.1. The number of nitrogens with zero attached hydrogens (tertiary/aromatic N) is 2. The number of carbonyl (C=O) groups is 1. The minimum atomic E-state index is -0.245. The van der Waals surface area contributed by atoms with E-state index in [1.54, 1.807) is 30.0 Å². The number of amides is 1. The van der Waals surface area contributed by atoms with Crippen LogP contribution >= 0.6 is 11.8 Å². The summed E-state index contributed by atoms with van der Waals surface area (Å²) in [6.07, 6.45) is 4.42. The Labute approximate surface area is 172 Å². The van der Waals surface area contributed by atoms with E-state index in [4.69, 9.17) is 0 Å². The lowest BCUT2D eigenvalue weighted by atomic mass is 10.1. The summed E-state index contributed by atoms with van der Waals surface area (Å²) >= 11 is 1.58. The molecule has 146 valence electrons. The standard InChI is InChI=1S/C23H20FN3OS/c24-20-9-3-1-7-17(20)12-13-25-23(28)19-8-2-4-10-21(19)29-16-18-15-27-14-6-5-11-22(27)26-18/h1-11,14-15H,12-13,16H2,(H,25,28). The van der Waals surface area contributed by atoms with E-state index >= 15 is 0 Å². The monoisotopic (exact) mass is 405 g/mol. The van der Waals surface area contributed by atoms with Gasteiger partial charge < -0.3 is 9.72 Å². The van der Waals surface area contributed by atoms with Crippen molar-refractivity contribution in [1.82, 2.24) is 14.7 Å². The lowest BCUT2D eigenvalue weighted by Gasteiger charge is -2.10. The van der Waals surface area contributed by atoms with Crippen LogP contribution in [0.1, 0.15) is 21.6 Å². The van der Waals surface area contributed by atoms with Crippen molar-refractivity contribution < 1.29 is 9.18 Å². The van der Waals surface area contributed by atoms with Crippen molar-refractivity contribution in [2.24, 2.45) is 0 Å². The topological polar surface area (TPSA) is 46.4 Å². The van der Waals surface area contributed by atoms with Gasteiger partial charge in [0.1, 0.15) is 11.5 Å². The summed E-state index contributed by atoms with van der Waals surface area (Å²) in [4.78, 5) is 18.2. The molecule has 2 aromatic carbocycles. The maximum atomic E-state index is 13.7. The van der Waals surface area contributed by atoms with Crippen LogP contribution in [-0.4, -0.2) is 21.8 Å². The van der Waals surface area contributed by atoms with Crippen LogP contribution in [0.3, 0.4) is 0 Å². The molecule has 6 heteroatoms. The summed E-state index contributed by atoms with van der Waals surface area (Å²) in [7, 11) is 0. The van der Waals surface area contributed by atoms with Gasteiger partial charge >= 0.3 is 0 Å². The van der Waals surface area contributed by atoms with Crippen molar-refractivity contribution in [3.05, 3.63) is 102 Å². The van der Waals surface area contributed by atoms with Crippen LogP contribution < -0.4 is 5.32 Å². The van der Waals surface area contributed by atoms with Gasteiger partial charge in [-0.05, 0) is 42.3 Å². The number of rotatable bonds is 7. The predicted octanol–water partition coefficient (Wildman–Crippen LogP) is 4.74. The SMILES string of the molecule is O=C(NCCc1ccccc1F)c1ccccc1SCc1cn2ccccc2n1. The fourth-order valence-corrected chi connectivity index (χ4v) is 4.03. The zero-order valence-corrected chi connectivity index (χ0v) is 16.5. The Kier molecular flexibility index (Phi) is 5.91. The highest BCUT2D eigenvalue weighted by Gasteiger charge is 2.12. The van der Waals surface area contributed by atoms with Gasteiger partial charge in [0.2, 0.25) is 0 Å². The fourth-order valence-electron chi connectivity index (χ4n) is 3.10. The second-order valence-electron chi connectivity index (χ2n) is 6.58. The number of thioether (sulfide) groups is 1. The van der Waals surface area contributed by atoms with Gasteiger partial charge in [-0.15, -0.1) is 11.8 Å². The van der Waals surface area contributed by atoms with Crippen molar-refractivity contribution in [2.75, 3.05) is 6.54 Å². The van der Waals surface area contributed by atoms with Crippen molar-refractivity contribution >= 4 is 23.3 Å². The number of hydrogen-bond acceptors (Lipinski definition) is 3. The minimum Gasteiger partial charge on any atom is -0.352 e. The van der Waals surface area contributed by atoms with Gasteiger partial charge in [-0.2, -0.15) is 0 Å². The molecule has 0 saturated heterocycles. The van der Waals surface area contributed by atoms with Gasteiger partial charge in [0.05, 0.1) is 11.3 Å². The molecule has 1 amide bonds. The summed E-state index contributed by atoms with van der Waals surface area (Å²) in [6.45, 7) is 0.380. The van der Waals surface area contributed by atoms with E-state index < -0.39 is 0 Å². The summed E-state index contributed by atoms with van der Waals surface area (Å²) in [5.41, 5.74) is 3.08. The summed E-state index contributed by atoms with van der Waals surface area (Å²) < 4.78 is 15.7. The molecule has 0 spiro atoms. The number of carbonyl (C=O) groups excluding carboxylic acids is 1. The molecule has 0 saturated carbocycles. The zero-order valence-electron chi connectivity index (χ0n) is 15.7. The highest BCUT2D eigenvalue weighted by atomic mass is 32.2. The number of fused-ring (bicyclic) bond motifs is 1. The van der Waals surface area contributed by atoms with Gasteiger partial charge in [0.25, 0.3) is 5.91 Å². The van der Waals surface area contributed by atoms with Crippen molar-refractivity contribution in [1.29, 1.82) is 0 Å². The van der Waals surface area contributed by atoms with E-state index in [0.29, 0.717) is 29.8 Å². The quantitative estimate of drug-likeness (QED) is 0.452. The Morgan fingerprint density at radius 2 is 1.83 bits per heavy atom. The molecule has 4 rings (SSSR count). The Morgan fingerprint density at radius 1 is 1.03 bits per heavy atom. The Morgan fingerprint density at radius 3 is 2.69 bits per heavy atom. The average Bonchev–Trinajstić information content (AvgIpc) is 3.17. The lowest BCUT2D eigenvalue weighted by Crippen LogP contribution is -2.26. The van der Waals surface area contributed by atoms with E-state index in [9.17, 15) is 9.18 Å². The van der Waals surface area contributed by atoms with Crippen LogP contribution in [0.2, 0.25) is 0 Å². The molecule has 0 aliphatic heterocycles. The number of hydrogen-bond donors (Lipinski definition) is 1. The molecule has 0 atom stereocenters. The second-order valence-corrected chi connectivity index (χ2v) is 7.60. The molecule has 0 aliphatic carbocycles. The molecule has 0 aliphatic rings. The largest absolute Gasteiger partial charge is 0.352 e. The fraction of sp³-hybridized carbons (Fsp3) is 0.130. The number of benzene rings is 2. The predicted molar refractivity (Wildman–Crippen MR) is 114 cm³/mol. The molecule has 4 nitrogen and oxygen atoms in total. The molecule has 0 radical (unpaired) electrons. The number of halogens is 1. The molecule has 29 heavy (non-hydrogen) atoms. The van der Waals surface area contributed by atoms with Crippen LogP contribution in [0.15, 0.2) is 84.0 Å². The van der Waals surface area contributed by atoms with E-state index in [1.807, 2.05) is 59.3 Å². The van der Waals surface area contributed by atoms with Gasteiger partial charge in [0, 0.05) is 29.6 Å². The van der Waals surface area contributed by atoms with Crippen LogP contribution in [0.25, 0.3) is 5.65 Å². The molecule has 4 aromatic rings. The first-order valence-corrected chi connectivity index (χ1v) is 10.4. The van der Waals surface area contributed by atoms with Gasteiger partial charge in [-0.3, -0.25) is 4.79 Å². The molecule has 0 bridgehead atoms. The van der Waals surface area contributed by atoms with Crippen LogP contribution in [0.5, 0.6) is 0 Å². The summed E-state index contributed by atoms with van der Waals surface area (Å²) in [6, 6.07) is 20.0. The van der Waals surface area contributed by atoms with Crippen LogP contribution in [0, 0.1) is 5.82 Å². The normalized spacial score (nSPS) is 10.9. The first-order valence-electron chi connectivity index (χ1n) is 9.37. The maximum absolute atomic E-state index is 13.7. The number of aromatic nitrogens is 2.